The fraction of sp³-hybridized carbons (Fsp3) is 0.154. The highest BCUT2D eigenvalue weighted by molar-refractivity contribution is 6.01. The number of Topliss-reactive ketones (excluding diaryl/α,β-unsaturated/α-hetero) is 1. The van der Waals surface area contributed by atoms with Crippen molar-refractivity contribution in [1.29, 1.82) is 0 Å². The maximum Gasteiger partial charge on any atom is 0.375 e. The van der Waals surface area contributed by atoms with Crippen molar-refractivity contribution in [3.8, 4) is 11.1 Å². The third kappa shape index (κ3) is 3.43. The third-order valence-corrected chi connectivity index (χ3v) is 5.63. The summed E-state index contributed by atoms with van der Waals surface area (Å²) in [4.78, 5) is 25.4. The Hall–Kier alpha value is -3.70. The second-order valence-corrected chi connectivity index (χ2v) is 7.54. The average Bonchev–Trinajstić information content (AvgIpc) is 3.35. The highest BCUT2D eigenvalue weighted by atomic mass is 16.5. The number of benzene rings is 3. The second-order valence-electron chi connectivity index (χ2n) is 7.54. The number of methoxy groups -OCH3 is 1. The first kappa shape index (κ1) is 19.3. The summed E-state index contributed by atoms with van der Waals surface area (Å²) in [5.74, 6) is -0.869. The topological polar surface area (TPSA) is 65.7 Å². The molecule has 0 N–H and O–H groups in total. The van der Waals surface area contributed by atoms with Gasteiger partial charge in [-0.25, -0.2) is 4.79 Å². The monoisotopic (exact) mass is 412 g/mol. The molecule has 0 saturated heterocycles. The van der Waals surface area contributed by atoms with Gasteiger partial charge in [0.15, 0.2) is 12.4 Å². The molecule has 31 heavy (non-hydrogen) atoms. The van der Waals surface area contributed by atoms with Crippen molar-refractivity contribution in [2.75, 3.05) is 13.7 Å². The molecule has 0 saturated carbocycles. The van der Waals surface area contributed by atoms with Crippen molar-refractivity contribution >= 4 is 22.7 Å². The molecule has 0 atom stereocenters. The smallest absolute Gasteiger partial charge is 0.375 e. The minimum atomic E-state index is -0.678. The van der Waals surface area contributed by atoms with Crippen LogP contribution >= 0.6 is 0 Å². The van der Waals surface area contributed by atoms with Gasteiger partial charge in [-0.05, 0) is 40.8 Å². The summed E-state index contributed by atoms with van der Waals surface area (Å²) < 4.78 is 16.2. The van der Waals surface area contributed by atoms with Crippen LogP contribution in [0.3, 0.4) is 0 Å². The van der Waals surface area contributed by atoms with Crippen molar-refractivity contribution in [2.24, 2.45) is 0 Å². The molecule has 0 fully saturated rings. The molecule has 0 unspecified atom stereocenters. The van der Waals surface area contributed by atoms with Crippen molar-refractivity contribution in [3.63, 3.8) is 0 Å². The Morgan fingerprint density at radius 2 is 1.71 bits per heavy atom. The van der Waals surface area contributed by atoms with Gasteiger partial charge in [0.25, 0.3) is 0 Å². The Morgan fingerprint density at radius 3 is 2.58 bits per heavy atom. The van der Waals surface area contributed by atoms with Gasteiger partial charge in [-0.1, -0.05) is 54.6 Å². The lowest BCUT2D eigenvalue weighted by molar-refractivity contribution is 0.0441. The zero-order valence-electron chi connectivity index (χ0n) is 17.0. The molecule has 1 aliphatic carbocycles. The summed E-state index contributed by atoms with van der Waals surface area (Å²) in [5, 5.41) is 0.792. The number of carbonyl (C=O) groups is 2. The van der Waals surface area contributed by atoms with Crippen LogP contribution in [-0.4, -0.2) is 25.5 Å². The molecule has 5 nitrogen and oxygen atoms in total. The van der Waals surface area contributed by atoms with E-state index in [1.165, 1.54) is 11.1 Å². The molecule has 154 valence electrons. The number of ether oxygens (including phenoxy) is 2. The van der Waals surface area contributed by atoms with Crippen molar-refractivity contribution in [1.82, 2.24) is 0 Å². The average molecular weight is 412 g/mol. The van der Waals surface area contributed by atoms with E-state index >= 15 is 0 Å². The summed E-state index contributed by atoms with van der Waals surface area (Å²) in [6, 6.07) is 21.2. The van der Waals surface area contributed by atoms with Crippen LogP contribution in [0.5, 0.6) is 0 Å². The predicted molar refractivity (Wildman–Crippen MR) is 116 cm³/mol. The summed E-state index contributed by atoms with van der Waals surface area (Å²) >= 11 is 0. The molecular weight excluding hydrogens is 392 g/mol. The van der Waals surface area contributed by atoms with Crippen LogP contribution in [0.4, 0.5) is 0 Å². The molecule has 5 rings (SSSR count). The first-order valence-electron chi connectivity index (χ1n) is 10.1. The molecular formula is C26H20O5. The maximum absolute atomic E-state index is 12.7. The Balaban J connectivity index is 1.35. The molecule has 4 aromatic rings. The molecule has 1 aliphatic rings. The molecule has 0 spiro atoms. The third-order valence-electron chi connectivity index (χ3n) is 5.63. The zero-order valence-corrected chi connectivity index (χ0v) is 17.0. The molecule has 5 heteroatoms. The fourth-order valence-electron chi connectivity index (χ4n) is 4.13. The number of furan rings is 1. The van der Waals surface area contributed by atoms with Crippen molar-refractivity contribution in [3.05, 3.63) is 94.7 Å². The predicted octanol–water partition coefficient (Wildman–Crippen LogP) is 5.19. The van der Waals surface area contributed by atoms with Gasteiger partial charge in [-0.3, -0.25) is 4.79 Å². The van der Waals surface area contributed by atoms with Crippen molar-refractivity contribution < 1.29 is 23.5 Å². The molecule has 3 aromatic carbocycles. The minimum absolute atomic E-state index is 0.0683. The van der Waals surface area contributed by atoms with Crippen LogP contribution in [-0.2, 0) is 22.5 Å². The Bertz CT molecular complexity index is 1310. The lowest BCUT2D eigenvalue weighted by Gasteiger charge is -2.07. The molecule has 0 radical (unpaired) electrons. The normalized spacial score (nSPS) is 11.9. The number of hydrogen-bond donors (Lipinski definition) is 0. The Labute approximate surface area is 179 Å². The standard InChI is InChI=1S/C26H20O5/c1-29-14-22-20-8-4-5-9-24(20)31-25(22)26(28)30-15-23(27)18-11-10-17-12-16-6-2-3-7-19(16)21(17)13-18/h2-11,13H,12,14-15H2,1H3. The van der Waals surface area contributed by atoms with Gasteiger partial charge in [0, 0.05) is 23.6 Å². The Kier molecular flexibility index (Phi) is 4.88. The van der Waals surface area contributed by atoms with Gasteiger partial charge in [-0.15, -0.1) is 0 Å². The second kappa shape index (κ2) is 7.85. The van der Waals surface area contributed by atoms with E-state index in [-0.39, 0.29) is 24.8 Å². The minimum Gasteiger partial charge on any atom is -0.451 e. The quantitative estimate of drug-likeness (QED) is 0.284. The molecule has 1 aromatic heterocycles. The summed E-state index contributed by atoms with van der Waals surface area (Å²) in [5.41, 5.74) is 6.37. The number of ketones is 1. The zero-order chi connectivity index (χ0) is 21.4. The number of para-hydroxylation sites is 1. The van der Waals surface area contributed by atoms with Crippen molar-refractivity contribution in [2.45, 2.75) is 13.0 Å². The van der Waals surface area contributed by atoms with E-state index in [0.29, 0.717) is 16.7 Å². The number of rotatable bonds is 6. The number of carbonyl (C=O) groups excluding carboxylic acids is 2. The first-order chi connectivity index (χ1) is 15.2. The number of fused-ring (bicyclic) bond motifs is 4. The Morgan fingerprint density at radius 1 is 0.935 bits per heavy atom. The van der Waals surface area contributed by atoms with E-state index in [1.54, 1.807) is 19.2 Å². The summed E-state index contributed by atoms with van der Waals surface area (Å²) in [7, 11) is 1.55. The van der Waals surface area contributed by atoms with E-state index in [1.807, 2.05) is 42.5 Å². The lowest BCUT2D eigenvalue weighted by atomic mass is 10.0. The van der Waals surface area contributed by atoms with Crippen LogP contribution in [0.15, 0.2) is 71.1 Å². The van der Waals surface area contributed by atoms with Crippen LogP contribution in [0.2, 0.25) is 0 Å². The van der Waals surface area contributed by atoms with Crippen LogP contribution in [0, 0.1) is 0 Å². The first-order valence-corrected chi connectivity index (χ1v) is 10.1. The largest absolute Gasteiger partial charge is 0.451 e. The van der Waals surface area contributed by atoms with Crippen LogP contribution in [0.1, 0.15) is 37.6 Å². The van der Waals surface area contributed by atoms with E-state index in [4.69, 9.17) is 13.9 Å². The van der Waals surface area contributed by atoms with Gasteiger partial charge in [-0.2, -0.15) is 0 Å². The maximum atomic E-state index is 12.7. The highest BCUT2D eigenvalue weighted by Gasteiger charge is 2.24. The van der Waals surface area contributed by atoms with Gasteiger partial charge < -0.3 is 13.9 Å². The van der Waals surface area contributed by atoms with Crippen LogP contribution < -0.4 is 0 Å². The van der Waals surface area contributed by atoms with Crippen LogP contribution in [0.25, 0.3) is 22.1 Å². The van der Waals surface area contributed by atoms with E-state index < -0.39 is 5.97 Å². The summed E-state index contributed by atoms with van der Waals surface area (Å²) in [6.07, 6.45) is 0.864. The van der Waals surface area contributed by atoms with E-state index in [0.717, 1.165) is 22.9 Å². The SMILES string of the molecule is COCc1c(C(=O)OCC(=O)c2ccc3c(c2)-c2ccccc2C3)oc2ccccc12. The molecule has 0 aliphatic heterocycles. The van der Waals surface area contributed by atoms with Gasteiger partial charge in [0.05, 0.1) is 6.61 Å². The molecule has 1 heterocycles. The van der Waals surface area contributed by atoms with Gasteiger partial charge in [0.1, 0.15) is 5.58 Å². The lowest BCUT2D eigenvalue weighted by Crippen LogP contribution is -2.15. The molecule has 0 bridgehead atoms. The van der Waals surface area contributed by atoms with Gasteiger partial charge >= 0.3 is 5.97 Å². The van der Waals surface area contributed by atoms with E-state index in [2.05, 4.69) is 12.1 Å². The summed E-state index contributed by atoms with van der Waals surface area (Å²) in [6.45, 7) is -0.150. The van der Waals surface area contributed by atoms with Gasteiger partial charge in [0.2, 0.25) is 5.76 Å². The fourth-order valence-corrected chi connectivity index (χ4v) is 4.13. The number of hydrogen-bond acceptors (Lipinski definition) is 5. The van der Waals surface area contributed by atoms with E-state index in [9.17, 15) is 9.59 Å². The molecule has 0 amide bonds. The number of esters is 1. The highest BCUT2D eigenvalue weighted by Crippen LogP contribution is 2.37.